The fourth-order valence-corrected chi connectivity index (χ4v) is 2.97. The van der Waals surface area contributed by atoms with Gasteiger partial charge in [0.15, 0.2) is 5.78 Å². The molecule has 0 aromatic carbocycles. The van der Waals surface area contributed by atoms with Crippen molar-refractivity contribution in [3.63, 3.8) is 0 Å². The first kappa shape index (κ1) is 10.8. The number of ketones is 1. The summed E-state index contributed by atoms with van der Waals surface area (Å²) in [5, 5.41) is 0. The standard InChI is InChI=1S/C10H14OS2/c1-6(2)9(11)8-5-7(3)13-10(8)12-4/h5-6H,1-4H3. The van der Waals surface area contributed by atoms with Crippen molar-refractivity contribution in [1.82, 2.24) is 0 Å². The molecule has 0 aliphatic heterocycles. The molecule has 0 fully saturated rings. The summed E-state index contributed by atoms with van der Waals surface area (Å²) in [5.41, 5.74) is 0.907. The average molecular weight is 214 g/mol. The summed E-state index contributed by atoms with van der Waals surface area (Å²) < 4.78 is 1.15. The molecule has 1 rings (SSSR count). The molecule has 0 unspecified atom stereocenters. The third-order valence-electron chi connectivity index (χ3n) is 1.80. The number of carbonyl (C=O) groups excluding carboxylic acids is 1. The van der Waals surface area contributed by atoms with Crippen LogP contribution in [-0.2, 0) is 0 Å². The van der Waals surface area contributed by atoms with Crippen LogP contribution in [-0.4, -0.2) is 12.0 Å². The van der Waals surface area contributed by atoms with Crippen LogP contribution in [0.1, 0.15) is 29.1 Å². The fraction of sp³-hybridized carbons (Fsp3) is 0.500. The molecule has 13 heavy (non-hydrogen) atoms. The monoisotopic (exact) mass is 214 g/mol. The number of thiophene rings is 1. The van der Waals surface area contributed by atoms with E-state index in [0.29, 0.717) is 0 Å². The Labute approximate surface area is 87.5 Å². The second-order valence-electron chi connectivity index (χ2n) is 3.28. The van der Waals surface area contributed by atoms with E-state index < -0.39 is 0 Å². The molecule has 0 N–H and O–H groups in total. The van der Waals surface area contributed by atoms with Crippen LogP contribution in [0, 0.1) is 12.8 Å². The number of Topliss-reactive ketones (excluding diaryl/α,β-unsaturated/α-hetero) is 1. The fourth-order valence-electron chi connectivity index (χ4n) is 1.13. The van der Waals surface area contributed by atoms with Gasteiger partial charge >= 0.3 is 0 Å². The number of aryl methyl sites for hydroxylation is 1. The first-order chi connectivity index (χ1) is 6.06. The Balaban J connectivity index is 3.05. The van der Waals surface area contributed by atoms with E-state index in [1.165, 1.54) is 4.88 Å². The lowest BCUT2D eigenvalue weighted by Crippen LogP contribution is -2.06. The van der Waals surface area contributed by atoms with Crippen LogP contribution >= 0.6 is 23.1 Å². The zero-order chi connectivity index (χ0) is 10.0. The molecule has 0 spiro atoms. The molecule has 0 atom stereocenters. The van der Waals surface area contributed by atoms with Crippen LogP contribution in [0.3, 0.4) is 0 Å². The van der Waals surface area contributed by atoms with E-state index in [1.807, 2.05) is 33.1 Å². The highest BCUT2D eigenvalue weighted by molar-refractivity contribution is 8.00. The Morgan fingerprint density at radius 1 is 1.54 bits per heavy atom. The lowest BCUT2D eigenvalue weighted by molar-refractivity contribution is 0.0937. The van der Waals surface area contributed by atoms with Gasteiger partial charge in [0.1, 0.15) is 0 Å². The minimum atomic E-state index is 0.0971. The predicted molar refractivity (Wildman–Crippen MR) is 60.0 cm³/mol. The van der Waals surface area contributed by atoms with Gasteiger partial charge in [-0.05, 0) is 19.2 Å². The maximum absolute atomic E-state index is 11.7. The molecule has 0 aliphatic carbocycles. The van der Waals surface area contributed by atoms with Gasteiger partial charge in [0.05, 0.1) is 4.21 Å². The first-order valence-electron chi connectivity index (χ1n) is 4.25. The highest BCUT2D eigenvalue weighted by Gasteiger charge is 2.16. The molecule has 0 radical (unpaired) electrons. The molecule has 1 aromatic heterocycles. The maximum Gasteiger partial charge on any atom is 0.167 e. The van der Waals surface area contributed by atoms with Crippen LogP contribution in [0.5, 0.6) is 0 Å². The van der Waals surface area contributed by atoms with Crippen LogP contribution < -0.4 is 0 Å². The van der Waals surface area contributed by atoms with Gasteiger partial charge in [-0.25, -0.2) is 0 Å². The van der Waals surface area contributed by atoms with E-state index in [2.05, 4.69) is 0 Å². The minimum Gasteiger partial charge on any atom is -0.294 e. The van der Waals surface area contributed by atoms with E-state index in [1.54, 1.807) is 23.1 Å². The van der Waals surface area contributed by atoms with Gasteiger partial charge in [-0.1, -0.05) is 13.8 Å². The number of rotatable bonds is 3. The number of carbonyl (C=O) groups is 1. The highest BCUT2D eigenvalue weighted by Crippen LogP contribution is 2.31. The zero-order valence-electron chi connectivity index (χ0n) is 8.38. The summed E-state index contributed by atoms with van der Waals surface area (Å²) in [6.45, 7) is 5.93. The number of thioether (sulfide) groups is 1. The van der Waals surface area contributed by atoms with Crippen LogP contribution in [0.2, 0.25) is 0 Å². The molecule has 0 aliphatic rings. The topological polar surface area (TPSA) is 17.1 Å². The van der Waals surface area contributed by atoms with Gasteiger partial charge in [0.2, 0.25) is 0 Å². The van der Waals surface area contributed by atoms with E-state index in [0.717, 1.165) is 9.77 Å². The van der Waals surface area contributed by atoms with E-state index >= 15 is 0 Å². The Bertz CT molecular complexity index is 313. The van der Waals surface area contributed by atoms with Gasteiger partial charge in [0.25, 0.3) is 0 Å². The van der Waals surface area contributed by atoms with Crippen molar-refractivity contribution in [3.8, 4) is 0 Å². The van der Waals surface area contributed by atoms with Crippen LogP contribution in [0.15, 0.2) is 10.3 Å². The average Bonchev–Trinajstić information content (AvgIpc) is 2.45. The van der Waals surface area contributed by atoms with Gasteiger partial charge in [0, 0.05) is 16.4 Å². The molecule has 1 heterocycles. The summed E-state index contributed by atoms with van der Waals surface area (Å²) in [6.07, 6.45) is 2.02. The van der Waals surface area contributed by atoms with Crippen molar-refractivity contribution in [2.24, 2.45) is 5.92 Å². The third-order valence-corrected chi connectivity index (χ3v) is 3.98. The van der Waals surface area contributed by atoms with Crippen molar-refractivity contribution in [2.45, 2.75) is 25.0 Å². The van der Waals surface area contributed by atoms with Crippen molar-refractivity contribution >= 4 is 28.9 Å². The predicted octanol–water partition coefficient (Wildman–Crippen LogP) is 3.62. The summed E-state index contributed by atoms with van der Waals surface area (Å²) in [5.74, 6) is 0.355. The van der Waals surface area contributed by atoms with Gasteiger partial charge in [-0.3, -0.25) is 4.79 Å². The number of hydrogen-bond donors (Lipinski definition) is 0. The summed E-state index contributed by atoms with van der Waals surface area (Å²) in [4.78, 5) is 12.9. The Hall–Kier alpha value is -0.280. The van der Waals surface area contributed by atoms with E-state index in [9.17, 15) is 4.79 Å². The van der Waals surface area contributed by atoms with Crippen molar-refractivity contribution in [2.75, 3.05) is 6.26 Å². The largest absolute Gasteiger partial charge is 0.294 e. The van der Waals surface area contributed by atoms with Crippen molar-refractivity contribution in [3.05, 3.63) is 16.5 Å². The molecule has 1 aromatic rings. The van der Waals surface area contributed by atoms with Crippen molar-refractivity contribution < 1.29 is 4.79 Å². The molecule has 1 nitrogen and oxygen atoms in total. The smallest absolute Gasteiger partial charge is 0.167 e. The van der Waals surface area contributed by atoms with Crippen LogP contribution in [0.4, 0.5) is 0 Å². The lowest BCUT2D eigenvalue weighted by Gasteiger charge is -2.02. The second kappa shape index (κ2) is 4.29. The van der Waals surface area contributed by atoms with Gasteiger partial charge in [-0.15, -0.1) is 23.1 Å². The third kappa shape index (κ3) is 2.35. The maximum atomic E-state index is 11.7. The summed E-state index contributed by atoms with van der Waals surface area (Å²) in [6, 6.07) is 2.00. The van der Waals surface area contributed by atoms with Gasteiger partial charge < -0.3 is 0 Å². The molecular formula is C10H14OS2. The summed E-state index contributed by atoms with van der Waals surface area (Å²) in [7, 11) is 0. The molecule has 0 saturated heterocycles. The highest BCUT2D eigenvalue weighted by atomic mass is 32.2. The molecule has 3 heteroatoms. The van der Waals surface area contributed by atoms with Crippen LogP contribution in [0.25, 0.3) is 0 Å². The summed E-state index contributed by atoms with van der Waals surface area (Å²) >= 11 is 3.36. The molecule has 0 saturated carbocycles. The quantitative estimate of drug-likeness (QED) is 0.564. The Kier molecular flexibility index (Phi) is 3.56. The van der Waals surface area contributed by atoms with Gasteiger partial charge in [-0.2, -0.15) is 0 Å². The van der Waals surface area contributed by atoms with Crippen molar-refractivity contribution in [1.29, 1.82) is 0 Å². The normalized spacial score (nSPS) is 10.8. The Morgan fingerprint density at radius 3 is 2.62 bits per heavy atom. The first-order valence-corrected chi connectivity index (χ1v) is 6.29. The zero-order valence-corrected chi connectivity index (χ0v) is 10.0. The molecule has 0 bridgehead atoms. The second-order valence-corrected chi connectivity index (χ2v) is 5.61. The molecule has 0 amide bonds. The van der Waals surface area contributed by atoms with E-state index in [4.69, 9.17) is 0 Å². The Morgan fingerprint density at radius 2 is 2.15 bits per heavy atom. The molecular weight excluding hydrogens is 200 g/mol. The molecule has 72 valence electrons. The van der Waals surface area contributed by atoms with E-state index in [-0.39, 0.29) is 11.7 Å². The SMILES string of the molecule is CSc1sc(C)cc1C(=O)C(C)C. The number of hydrogen-bond acceptors (Lipinski definition) is 3. The minimum absolute atomic E-state index is 0.0971. The lowest BCUT2D eigenvalue weighted by atomic mass is 10.0.